The molecule has 0 radical (unpaired) electrons. The Morgan fingerprint density at radius 2 is 0.971 bits per heavy atom. The number of quaternary nitrogens is 1. The lowest BCUT2D eigenvalue weighted by Gasteiger charge is -2.39. The standard InChI is InChI=1S/C30H61NO2P/c1-6-8-9-10-11-12-13-14-15-16-17-18-19-20-21-22-23-24-25-26-27-28-29-30(7-2,34(32)33)31(3,4)5/h24-25H,6-23,26-29H2,1-5H3/q+1/b25-24-. The maximum Gasteiger partial charge on any atom is 0.376 e. The van der Waals surface area contributed by atoms with Gasteiger partial charge in [0.15, 0.2) is 0 Å². The molecule has 34 heavy (non-hydrogen) atoms. The second-order valence-electron chi connectivity index (χ2n) is 11.4. The van der Waals surface area contributed by atoms with Gasteiger partial charge in [0, 0.05) is 12.8 Å². The van der Waals surface area contributed by atoms with Crippen molar-refractivity contribution in [3.05, 3.63) is 12.2 Å². The Morgan fingerprint density at radius 3 is 1.29 bits per heavy atom. The Morgan fingerprint density at radius 1 is 0.618 bits per heavy atom. The third-order valence-corrected chi connectivity index (χ3v) is 9.56. The summed E-state index contributed by atoms with van der Waals surface area (Å²) in [6.45, 7) is 4.30. The highest BCUT2D eigenvalue weighted by molar-refractivity contribution is 7.38. The predicted molar refractivity (Wildman–Crippen MR) is 150 cm³/mol. The summed E-state index contributed by atoms with van der Waals surface area (Å²) in [4.78, 5) is 12.0. The van der Waals surface area contributed by atoms with E-state index in [0.29, 0.717) is 10.9 Å². The summed E-state index contributed by atoms with van der Waals surface area (Å²) in [5, 5.41) is -0.618. The van der Waals surface area contributed by atoms with Crippen molar-refractivity contribution in [1.29, 1.82) is 0 Å². The van der Waals surface area contributed by atoms with Gasteiger partial charge in [0.25, 0.3) is 5.28 Å². The number of allylic oxidation sites excluding steroid dienone is 2. The van der Waals surface area contributed by atoms with E-state index >= 15 is 0 Å². The van der Waals surface area contributed by atoms with E-state index in [1.807, 2.05) is 28.1 Å². The molecule has 0 saturated carbocycles. The number of unbranched alkanes of at least 4 members (excludes halogenated alkanes) is 18. The molecule has 0 spiro atoms. The highest BCUT2D eigenvalue weighted by Crippen LogP contribution is 2.44. The minimum absolute atomic E-state index is 0.497. The van der Waals surface area contributed by atoms with E-state index in [1.165, 1.54) is 109 Å². The van der Waals surface area contributed by atoms with Crippen LogP contribution in [-0.4, -0.2) is 30.9 Å². The van der Waals surface area contributed by atoms with Crippen molar-refractivity contribution < 1.29 is 13.9 Å². The lowest BCUT2D eigenvalue weighted by molar-refractivity contribution is -0.910. The normalized spacial score (nSPS) is 14.6. The maximum atomic E-state index is 12.0. The van der Waals surface area contributed by atoms with Gasteiger partial charge in [-0.15, -0.1) is 0 Å². The van der Waals surface area contributed by atoms with Gasteiger partial charge in [-0.05, 0) is 32.1 Å². The van der Waals surface area contributed by atoms with Crippen molar-refractivity contribution in [2.75, 3.05) is 21.1 Å². The topological polar surface area (TPSA) is 40.1 Å². The first-order valence-electron chi connectivity index (χ1n) is 14.9. The predicted octanol–water partition coefficient (Wildman–Crippen LogP) is 9.67. The number of hydrogen-bond donors (Lipinski definition) is 0. The fourth-order valence-corrected chi connectivity index (χ4v) is 6.26. The Bertz CT molecular complexity index is 501. The molecule has 2 atom stereocenters. The van der Waals surface area contributed by atoms with Crippen LogP contribution in [0.2, 0.25) is 0 Å². The van der Waals surface area contributed by atoms with Gasteiger partial charge in [-0.3, -0.25) is 4.48 Å². The summed E-state index contributed by atoms with van der Waals surface area (Å²) in [5.74, 6) is 0. The van der Waals surface area contributed by atoms with Gasteiger partial charge in [0.05, 0.1) is 21.1 Å². The van der Waals surface area contributed by atoms with Crippen LogP contribution in [-0.2, 0) is 4.57 Å². The summed E-state index contributed by atoms with van der Waals surface area (Å²) in [6.07, 6.45) is 33.2. The number of rotatable bonds is 25. The van der Waals surface area contributed by atoms with Crippen LogP contribution >= 0.6 is 8.03 Å². The first-order chi connectivity index (χ1) is 16.3. The molecule has 202 valence electrons. The summed E-state index contributed by atoms with van der Waals surface area (Å²) in [5.41, 5.74) is 0. The van der Waals surface area contributed by atoms with Crippen LogP contribution in [0.1, 0.15) is 155 Å². The highest BCUT2D eigenvalue weighted by Gasteiger charge is 2.52. The van der Waals surface area contributed by atoms with E-state index in [9.17, 15) is 9.46 Å². The smallest absolute Gasteiger partial charge is 0.376 e. The molecule has 0 aliphatic rings. The molecule has 0 aromatic rings. The molecule has 2 unspecified atom stereocenters. The van der Waals surface area contributed by atoms with Crippen LogP contribution in [0.5, 0.6) is 0 Å². The van der Waals surface area contributed by atoms with E-state index in [-0.39, 0.29) is 0 Å². The summed E-state index contributed by atoms with van der Waals surface area (Å²) in [7, 11) is 3.59. The molecule has 0 rings (SSSR count). The zero-order valence-electron chi connectivity index (χ0n) is 23.9. The average molecular weight is 499 g/mol. The third kappa shape index (κ3) is 16.4. The zero-order chi connectivity index (χ0) is 25.5. The third-order valence-electron chi connectivity index (χ3n) is 7.74. The summed E-state index contributed by atoms with van der Waals surface area (Å²) in [6, 6.07) is 0. The van der Waals surface area contributed by atoms with Crippen molar-refractivity contribution in [2.45, 2.75) is 160 Å². The van der Waals surface area contributed by atoms with Crippen LogP contribution in [0, 0.1) is 0 Å². The fraction of sp³-hybridized carbons (Fsp3) is 0.933. The van der Waals surface area contributed by atoms with Crippen LogP contribution in [0.4, 0.5) is 0 Å². The lowest BCUT2D eigenvalue weighted by atomic mass is 10.0. The van der Waals surface area contributed by atoms with Gasteiger partial charge in [-0.2, -0.15) is 0 Å². The van der Waals surface area contributed by atoms with Crippen molar-refractivity contribution in [3.8, 4) is 0 Å². The second-order valence-corrected chi connectivity index (χ2v) is 12.8. The van der Waals surface area contributed by atoms with E-state index < -0.39 is 13.3 Å². The summed E-state index contributed by atoms with van der Waals surface area (Å²) < 4.78 is 12.5. The first kappa shape index (κ1) is 33.8. The van der Waals surface area contributed by atoms with Crippen molar-refractivity contribution in [2.24, 2.45) is 0 Å². The van der Waals surface area contributed by atoms with Crippen LogP contribution in [0.15, 0.2) is 12.2 Å². The van der Waals surface area contributed by atoms with E-state index in [1.54, 1.807) is 0 Å². The molecule has 0 aromatic carbocycles. The van der Waals surface area contributed by atoms with Crippen molar-refractivity contribution >= 4 is 8.03 Å². The minimum atomic E-state index is -2.43. The Hall–Kier alpha value is -0.240. The molecule has 0 heterocycles. The highest BCUT2D eigenvalue weighted by atomic mass is 31.1. The Balaban J connectivity index is 3.49. The molecule has 0 saturated heterocycles. The van der Waals surface area contributed by atoms with E-state index in [2.05, 4.69) is 19.1 Å². The largest absolute Gasteiger partial charge is 0.590 e. The van der Waals surface area contributed by atoms with Crippen LogP contribution in [0.25, 0.3) is 0 Å². The molecule has 0 amide bonds. The van der Waals surface area contributed by atoms with Gasteiger partial charge in [0.2, 0.25) is 0 Å². The van der Waals surface area contributed by atoms with E-state index in [4.69, 9.17) is 0 Å². The van der Waals surface area contributed by atoms with Crippen LogP contribution in [0.3, 0.4) is 0 Å². The van der Waals surface area contributed by atoms with Gasteiger partial charge >= 0.3 is 8.03 Å². The summed E-state index contributed by atoms with van der Waals surface area (Å²) >= 11 is 0. The van der Waals surface area contributed by atoms with Gasteiger partial charge in [0.1, 0.15) is 0 Å². The Labute approximate surface area is 215 Å². The van der Waals surface area contributed by atoms with Gasteiger partial charge < -0.3 is 4.89 Å². The molecule has 0 fully saturated rings. The number of nitrogens with zero attached hydrogens (tertiary/aromatic N) is 1. The molecule has 3 nitrogen and oxygen atoms in total. The second kappa shape index (κ2) is 22.0. The van der Waals surface area contributed by atoms with Crippen LogP contribution < -0.4 is 4.89 Å². The van der Waals surface area contributed by atoms with Gasteiger partial charge in [-0.1, -0.05) is 127 Å². The van der Waals surface area contributed by atoms with Gasteiger partial charge in [-0.25, -0.2) is 0 Å². The lowest BCUT2D eigenvalue weighted by Crippen LogP contribution is -2.55. The molecule has 0 aliphatic heterocycles. The molecule has 0 N–H and O–H groups in total. The SMILES string of the molecule is CCCCCCCCCCCCCCCCCC/C=C\CCCCC(CC)([P+](=O)[O-])[N+](C)(C)C. The maximum absolute atomic E-state index is 12.0. The molecule has 0 aliphatic carbocycles. The first-order valence-corrected chi connectivity index (χ1v) is 16.1. The Kier molecular flexibility index (Phi) is 21.8. The minimum Gasteiger partial charge on any atom is -0.590 e. The molecule has 0 bridgehead atoms. The van der Waals surface area contributed by atoms with E-state index in [0.717, 1.165) is 25.7 Å². The zero-order valence-corrected chi connectivity index (χ0v) is 24.8. The molecular formula is C30H61NO2P+. The average Bonchev–Trinajstić information content (AvgIpc) is 2.78. The quantitative estimate of drug-likeness (QED) is 0.0544. The fourth-order valence-electron chi connectivity index (χ4n) is 5.17. The van der Waals surface area contributed by atoms with Crippen molar-refractivity contribution in [3.63, 3.8) is 0 Å². The molecule has 0 aromatic heterocycles. The molecule has 4 heteroatoms. The monoisotopic (exact) mass is 498 g/mol. The number of hydrogen-bond acceptors (Lipinski definition) is 2. The van der Waals surface area contributed by atoms with Crippen molar-refractivity contribution in [1.82, 2.24) is 0 Å². The molecular weight excluding hydrogens is 437 g/mol.